The molecule has 1 unspecified atom stereocenters. The summed E-state index contributed by atoms with van der Waals surface area (Å²) in [4.78, 5) is 13.2. The Morgan fingerprint density at radius 1 is 1.18 bits per heavy atom. The van der Waals surface area contributed by atoms with E-state index in [1.54, 1.807) is 0 Å². The summed E-state index contributed by atoms with van der Waals surface area (Å²) in [6, 6.07) is 8.28. The van der Waals surface area contributed by atoms with E-state index in [0.29, 0.717) is 0 Å². The molecule has 22 heavy (non-hydrogen) atoms. The molecule has 0 amide bonds. The van der Waals surface area contributed by atoms with Crippen LogP contribution < -0.4 is 4.90 Å². The van der Waals surface area contributed by atoms with E-state index in [0.717, 1.165) is 62.3 Å². The second kappa shape index (κ2) is 6.26. The molecule has 2 aliphatic rings. The Balaban J connectivity index is 1.43. The summed E-state index contributed by atoms with van der Waals surface area (Å²) in [6.45, 7) is 7.36. The number of ether oxygens (including phenoxy) is 1. The lowest BCUT2D eigenvalue weighted by atomic mass is 9.97. The van der Waals surface area contributed by atoms with Crippen molar-refractivity contribution >= 4 is 17.0 Å². The van der Waals surface area contributed by atoms with Crippen LogP contribution in [0.3, 0.4) is 0 Å². The van der Waals surface area contributed by atoms with Crippen molar-refractivity contribution in [3.05, 3.63) is 24.3 Å². The summed E-state index contributed by atoms with van der Waals surface area (Å²) in [5.41, 5.74) is 2.20. The highest BCUT2D eigenvalue weighted by atomic mass is 16.5. The fraction of sp³-hybridized carbons (Fsp3) is 0.588. The number of benzene rings is 1. The molecular formula is C17H24N4O. The number of nitrogens with zero attached hydrogens (tertiary/aromatic N) is 3. The van der Waals surface area contributed by atoms with Crippen LogP contribution in [0.2, 0.25) is 0 Å². The highest BCUT2D eigenvalue weighted by Crippen LogP contribution is 2.24. The number of anilines is 1. The van der Waals surface area contributed by atoms with Gasteiger partial charge in [-0.2, -0.15) is 0 Å². The second-order valence-corrected chi connectivity index (χ2v) is 6.44. The number of imidazole rings is 1. The third-order valence-electron chi connectivity index (χ3n) is 4.82. The summed E-state index contributed by atoms with van der Waals surface area (Å²) in [6.07, 6.45) is 2.58. The molecule has 1 aromatic heterocycles. The topological polar surface area (TPSA) is 44.4 Å². The monoisotopic (exact) mass is 300 g/mol. The molecule has 2 fully saturated rings. The van der Waals surface area contributed by atoms with E-state index in [1.165, 1.54) is 19.4 Å². The van der Waals surface area contributed by atoms with E-state index in [1.807, 2.05) is 6.07 Å². The molecule has 1 aromatic carbocycles. The third-order valence-corrected chi connectivity index (χ3v) is 4.82. The maximum absolute atomic E-state index is 5.45. The molecule has 1 atom stereocenters. The van der Waals surface area contributed by atoms with Crippen LogP contribution in [-0.2, 0) is 4.74 Å². The van der Waals surface area contributed by atoms with E-state index < -0.39 is 0 Å². The van der Waals surface area contributed by atoms with E-state index in [9.17, 15) is 0 Å². The normalized spacial score (nSPS) is 24.0. The molecule has 0 bridgehead atoms. The molecule has 5 nitrogen and oxygen atoms in total. The molecule has 0 aliphatic carbocycles. The van der Waals surface area contributed by atoms with Crippen LogP contribution in [0.1, 0.15) is 12.8 Å². The van der Waals surface area contributed by atoms with Crippen molar-refractivity contribution in [3.63, 3.8) is 0 Å². The zero-order chi connectivity index (χ0) is 14.8. The predicted molar refractivity (Wildman–Crippen MR) is 88.3 cm³/mol. The molecule has 0 radical (unpaired) electrons. The number of aromatic amines is 1. The van der Waals surface area contributed by atoms with Gasteiger partial charge >= 0.3 is 0 Å². The highest BCUT2D eigenvalue weighted by molar-refractivity contribution is 5.77. The van der Waals surface area contributed by atoms with Gasteiger partial charge in [0, 0.05) is 32.7 Å². The first-order valence-corrected chi connectivity index (χ1v) is 8.38. The molecule has 0 saturated carbocycles. The summed E-state index contributed by atoms with van der Waals surface area (Å²) in [5.74, 6) is 1.77. The lowest BCUT2D eigenvalue weighted by Gasteiger charge is -2.36. The highest BCUT2D eigenvalue weighted by Gasteiger charge is 2.24. The number of hydrogen-bond donors (Lipinski definition) is 1. The number of fused-ring (bicyclic) bond motifs is 1. The van der Waals surface area contributed by atoms with Crippen LogP contribution in [0.5, 0.6) is 0 Å². The van der Waals surface area contributed by atoms with Crippen LogP contribution in [0.4, 0.5) is 5.95 Å². The van der Waals surface area contributed by atoms with E-state index >= 15 is 0 Å². The first-order chi connectivity index (χ1) is 10.9. The molecule has 0 spiro atoms. The summed E-state index contributed by atoms with van der Waals surface area (Å²) in [7, 11) is 0. The third kappa shape index (κ3) is 2.96. The van der Waals surface area contributed by atoms with Gasteiger partial charge in [0.2, 0.25) is 5.95 Å². The molecular weight excluding hydrogens is 276 g/mol. The molecule has 5 heteroatoms. The number of nitrogens with one attached hydrogen (secondary N) is 1. The van der Waals surface area contributed by atoms with E-state index in [2.05, 4.69) is 33.0 Å². The van der Waals surface area contributed by atoms with Gasteiger partial charge in [-0.15, -0.1) is 0 Å². The number of hydrogen-bond acceptors (Lipinski definition) is 4. The Bertz CT molecular complexity index is 587. The van der Waals surface area contributed by atoms with Crippen LogP contribution in [-0.4, -0.2) is 60.8 Å². The summed E-state index contributed by atoms with van der Waals surface area (Å²) >= 11 is 0. The van der Waals surface area contributed by atoms with Crippen molar-refractivity contribution in [2.75, 3.05) is 50.8 Å². The zero-order valence-electron chi connectivity index (χ0n) is 13.0. The van der Waals surface area contributed by atoms with Crippen LogP contribution in [0.25, 0.3) is 11.0 Å². The van der Waals surface area contributed by atoms with Gasteiger partial charge in [-0.3, -0.25) is 4.90 Å². The Labute approximate surface area is 131 Å². The van der Waals surface area contributed by atoms with E-state index in [4.69, 9.17) is 9.72 Å². The quantitative estimate of drug-likeness (QED) is 0.943. The van der Waals surface area contributed by atoms with Gasteiger partial charge in [-0.05, 0) is 30.9 Å². The van der Waals surface area contributed by atoms with Crippen LogP contribution in [0, 0.1) is 5.92 Å². The SMILES string of the molecule is c1ccc2[nH]c(N3CCCC(CN4CCOCC4)C3)nc2c1. The first-order valence-electron chi connectivity index (χ1n) is 8.38. The molecule has 2 saturated heterocycles. The minimum atomic E-state index is 0.736. The Kier molecular flexibility index (Phi) is 3.99. The molecule has 1 N–H and O–H groups in total. The van der Waals surface area contributed by atoms with Gasteiger partial charge < -0.3 is 14.6 Å². The number of piperidine rings is 1. The van der Waals surface area contributed by atoms with Gasteiger partial charge in [-0.25, -0.2) is 4.98 Å². The van der Waals surface area contributed by atoms with Crippen molar-refractivity contribution in [2.45, 2.75) is 12.8 Å². The smallest absolute Gasteiger partial charge is 0.203 e. The minimum absolute atomic E-state index is 0.736. The number of para-hydroxylation sites is 2. The number of H-pyrrole nitrogens is 1. The fourth-order valence-electron chi connectivity index (χ4n) is 3.64. The van der Waals surface area contributed by atoms with Crippen molar-refractivity contribution in [1.29, 1.82) is 0 Å². The standard InChI is InChI=1S/C17H24N4O/c1-2-6-16-15(5-1)18-17(19-16)21-7-3-4-14(13-21)12-20-8-10-22-11-9-20/h1-2,5-6,14H,3-4,7-13H2,(H,18,19). The maximum Gasteiger partial charge on any atom is 0.203 e. The largest absolute Gasteiger partial charge is 0.379 e. The summed E-state index contributed by atoms with van der Waals surface area (Å²) < 4.78 is 5.45. The van der Waals surface area contributed by atoms with Crippen LogP contribution in [0.15, 0.2) is 24.3 Å². The van der Waals surface area contributed by atoms with Gasteiger partial charge in [0.05, 0.1) is 24.2 Å². The molecule has 4 rings (SSSR count). The van der Waals surface area contributed by atoms with Crippen molar-refractivity contribution in [2.24, 2.45) is 5.92 Å². The second-order valence-electron chi connectivity index (χ2n) is 6.44. The first kappa shape index (κ1) is 14.0. The molecule has 118 valence electrons. The van der Waals surface area contributed by atoms with Crippen molar-refractivity contribution in [1.82, 2.24) is 14.9 Å². The number of aromatic nitrogens is 2. The van der Waals surface area contributed by atoms with Gasteiger partial charge in [-0.1, -0.05) is 12.1 Å². The molecule has 2 aromatic rings. The zero-order valence-corrected chi connectivity index (χ0v) is 13.0. The lowest BCUT2D eigenvalue weighted by Crippen LogP contribution is -2.44. The minimum Gasteiger partial charge on any atom is -0.379 e. The Hall–Kier alpha value is -1.59. The number of rotatable bonds is 3. The predicted octanol–water partition coefficient (Wildman–Crippen LogP) is 2.11. The van der Waals surface area contributed by atoms with Crippen molar-refractivity contribution < 1.29 is 4.74 Å². The Morgan fingerprint density at radius 2 is 2.05 bits per heavy atom. The van der Waals surface area contributed by atoms with Crippen molar-refractivity contribution in [3.8, 4) is 0 Å². The van der Waals surface area contributed by atoms with Gasteiger partial charge in [0.15, 0.2) is 0 Å². The Morgan fingerprint density at radius 3 is 2.91 bits per heavy atom. The molecule has 2 aliphatic heterocycles. The average Bonchev–Trinajstić information content (AvgIpc) is 3.00. The average molecular weight is 300 g/mol. The lowest BCUT2D eigenvalue weighted by molar-refractivity contribution is 0.0296. The van der Waals surface area contributed by atoms with Crippen LogP contribution >= 0.6 is 0 Å². The van der Waals surface area contributed by atoms with Gasteiger partial charge in [0.1, 0.15) is 0 Å². The maximum atomic E-state index is 5.45. The van der Waals surface area contributed by atoms with Gasteiger partial charge in [0.25, 0.3) is 0 Å². The van der Waals surface area contributed by atoms with E-state index in [-0.39, 0.29) is 0 Å². The molecule has 3 heterocycles. The fourth-order valence-corrected chi connectivity index (χ4v) is 3.64. The number of morpholine rings is 1. The summed E-state index contributed by atoms with van der Waals surface area (Å²) in [5, 5.41) is 0.